The van der Waals surface area contributed by atoms with Crippen LogP contribution in [0.25, 0.3) is 28.2 Å². The Labute approximate surface area is 210 Å². The van der Waals surface area contributed by atoms with E-state index >= 15 is 0 Å². The summed E-state index contributed by atoms with van der Waals surface area (Å²) in [6, 6.07) is 25.9. The maximum atomic E-state index is 13.7. The minimum Gasteiger partial charge on any atom is -0.454 e. The molecule has 6 heteroatoms. The second-order valence-electron chi connectivity index (χ2n) is 9.05. The van der Waals surface area contributed by atoms with Crippen LogP contribution in [0.2, 0.25) is 0 Å². The Morgan fingerprint density at radius 2 is 1.64 bits per heavy atom. The standard InChI is InChI=1S/C30H27N3O3/c34-30(33-17-15-32(16-18-33)14-6-9-22-7-2-1-3-8-22)25-20-27(31-26-11-5-4-10-24(25)26)23-12-13-28-29(19-23)36-21-35-28/h1-13,19-20H,14-18,21H2. The smallest absolute Gasteiger partial charge is 0.254 e. The van der Waals surface area contributed by atoms with E-state index in [1.54, 1.807) is 0 Å². The van der Waals surface area contributed by atoms with E-state index in [1.807, 2.05) is 71.6 Å². The molecule has 4 aromatic rings. The first-order valence-corrected chi connectivity index (χ1v) is 12.3. The minimum absolute atomic E-state index is 0.0510. The highest BCUT2D eigenvalue weighted by atomic mass is 16.7. The van der Waals surface area contributed by atoms with Gasteiger partial charge in [0.25, 0.3) is 5.91 Å². The largest absolute Gasteiger partial charge is 0.454 e. The van der Waals surface area contributed by atoms with Crippen LogP contribution in [0.1, 0.15) is 15.9 Å². The number of piperazine rings is 1. The van der Waals surface area contributed by atoms with Crippen LogP contribution >= 0.6 is 0 Å². The first-order valence-electron chi connectivity index (χ1n) is 12.3. The van der Waals surface area contributed by atoms with Crippen LogP contribution in [-0.4, -0.2) is 60.2 Å². The molecule has 0 N–H and O–H groups in total. The van der Waals surface area contributed by atoms with Gasteiger partial charge >= 0.3 is 0 Å². The van der Waals surface area contributed by atoms with Crippen LogP contribution in [0, 0.1) is 0 Å². The molecule has 1 fully saturated rings. The molecule has 3 heterocycles. The van der Waals surface area contributed by atoms with E-state index in [1.165, 1.54) is 5.56 Å². The predicted molar refractivity (Wildman–Crippen MR) is 141 cm³/mol. The number of pyridine rings is 1. The third-order valence-corrected chi connectivity index (χ3v) is 6.75. The summed E-state index contributed by atoms with van der Waals surface area (Å²) in [5.41, 5.74) is 4.34. The molecule has 2 aliphatic rings. The van der Waals surface area contributed by atoms with Crippen molar-refractivity contribution >= 4 is 22.9 Å². The lowest BCUT2D eigenvalue weighted by atomic mass is 10.0. The number of amides is 1. The third kappa shape index (κ3) is 4.55. The molecular formula is C30H27N3O3. The SMILES string of the molecule is O=C(c1cc(-c2ccc3c(c2)OCO3)nc2ccccc12)N1CCN(CC=Cc2ccccc2)CC1. The van der Waals surface area contributed by atoms with Crippen LogP contribution in [0.4, 0.5) is 0 Å². The summed E-state index contributed by atoms with van der Waals surface area (Å²) in [7, 11) is 0. The highest BCUT2D eigenvalue weighted by molar-refractivity contribution is 6.07. The number of aromatic nitrogens is 1. The van der Waals surface area contributed by atoms with Gasteiger partial charge in [0.05, 0.1) is 16.8 Å². The first-order chi connectivity index (χ1) is 17.7. The van der Waals surface area contributed by atoms with E-state index in [4.69, 9.17) is 14.5 Å². The number of carbonyl (C=O) groups excluding carboxylic acids is 1. The van der Waals surface area contributed by atoms with Gasteiger partial charge in [-0.25, -0.2) is 4.98 Å². The van der Waals surface area contributed by atoms with Gasteiger partial charge in [0.2, 0.25) is 6.79 Å². The van der Waals surface area contributed by atoms with Crippen molar-refractivity contribution in [1.82, 2.24) is 14.8 Å². The summed E-state index contributed by atoms with van der Waals surface area (Å²) in [6.45, 7) is 4.21. The quantitative estimate of drug-likeness (QED) is 0.400. The number of hydrogen-bond donors (Lipinski definition) is 0. The van der Waals surface area contributed by atoms with Crippen LogP contribution in [0.15, 0.2) is 84.9 Å². The Hall–Kier alpha value is -4.16. The number of benzene rings is 3. The molecule has 0 unspecified atom stereocenters. The van der Waals surface area contributed by atoms with Crippen molar-refractivity contribution in [2.24, 2.45) is 0 Å². The molecule has 0 atom stereocenters. The number of fused-ring (bicyclic) bond motifs is 2. The van der Waals surface area contributed by atoms with Gasteiger partial charge in [0.15, 0.2) is 11.5 Å². The van der Waals surface area contributed by atoms with E-state index in [2.05, 4.69) is 29.2 Å². The Balaban J connectivity index is 1.20. The average Bonchev–Trinajstić information content (AvgIpc) is 3.41. The summed E-state index contributed by atoms with van der Waals surface area (Å²) in [5, 5.41) is 0.875. The van der Waals surface area contributed by atoms with Gasteiger partial charge in [0, 0.05) is 43.7 Å². The second-order valence-corrected chi connectivity index (χ2v) is 9.05. The molecule has 1 aromatic heterocycles. The lowest BCUT2D eigenvalue weighted by molar-refractivity contribution is 0.0652. The molecule has 0 aliphatic carbocycles. The van der Waals surface area contributed by atoms with Gasteiger partial charge in [-0.3, -0.25) is 9.69 Å². The molecular weight excluding hydrogens is 450 g/mol. The zero-order chi connectivity index (χ0) is 24.3. The number of nitrogens with zero attached hydrogens (tertiary/aromatic N) is 3. The molecule has 2 aliphatic heterocycles. The van der Waals surface area contributed by atoms with Crippen molar-refractivity contribution < 1.29 is 14.3 Å². The summed E-state index contributed by atoms with van der Waals surface area (Å²) in [6.07, 6.45) is 4.35. The van der Waals surface area contributed by atoms with Crippen molar-refractivity contribution in [3.63, 3.8) is 0 Å². The molecule has 180 valence electrons. The normalized spacial score (nSPS) is 15.6. The van der Waals surface area contributed by atoms with Crippen molar-refractivity contribution in [2.75, 3.05) is 39.5 Å². The van der Waals surface area contributed by atoms with Gasteiger partial charge in [0.1, 0.15) is 0 Å². The van der Waals surface area contributed by atoms with Gasteiger partial charge in [-0.1, -0.05) is 60.7 Å². The van der Waals surface area contributed by atoms with Gasteiger partial charge in [-0.2, -0.15) is 0 Å². The fourth-order valence-corrected chi connectivity index (χ4v) is 4.76. The van der Waals surface area contributed by atoms with Crippen LogP contribution < -0.4 is 9.47 Å². The highest BCUT2D eigenvalue weighted by Crippen LogP contribution is 2.36. The summed E-state index contributed by atoms with van der Waals surface area (Å²) < 4.78 is 11.0. The van der Waals surface area contributed by atoms with Crippen molar-refractivity contribution in [3.05, 3.63) is 96.1 Å². The summed E-state index contributed by atoms with van der Waals surface area (Å²) >= 11 is 0. The van der Waals surface area contributed by atoms with Crippen LogP contribution in [-0.2, 0) is 0 Å². The van der Waals surface area contributed by atoms with E-state index in [0.717, 1.165) is 47.5 Å². The van der Waals surface area contributed by atoms with E-state index in [9.17, 15) is 4.79 Å². The fourth-order valence-electron chi connectivity index (χ4n) is 4.76. The number of para-hydroxylation sites is 1. The predicted octanol–water partition coefficient (Wildman–Crippen LogP) is 5.10. The molecule has 3 aromatic carbocycles. The summed E-state index contributed by atoms with van der Waals surface area (Å²) in [5.74, 6) is 1.48. The van der Waals surface area contributed by atoms with Crippen molar-refractivity contribution in [1.29, 1.82) is 0 Å². The maximum absolute atomic E-state index is 13.7. The number of hydrogen-bond acceptors (Lipinski definition) is 5. The molecule has 6 rings (SSSR count). The van der Waals surface area contributed by atoms with Crippen molar-refractivity contribution in [2.45, 2.75) is 0 Å². The molecule has 0 spiro atoms. The fraction of sp³-hybridized carbons (Fsp3) is 0.200. The van der Waals surface area contributed by atoms with E-state index in [-0.39, 0.29) is 12.7 Å². The zero-order valence-electron chi connectivity index (χ0n) is 20.0. The Bertz CT molecular complexity index is 1430. The van der Waals surface area contributed by atoms with Crippen LogP contribution in [0.5, 0.6) is 11.5 Å². The Morgan fingerprint density at radius 1 is 0.861 bits per heavy atom. The summed E-state index contributed by atoms with van der Waals surface area (Å²) in [4.78, 5) is 22.9. The number of rotatable bonds is 5. The molecule has 0 bridgehead atoms. The van der Waals surface area contributed by atoms with Crippen molar-refractivity contribution in [3.8, 4) is 22.8 Å². The zero-order valence-corrected chi connectivity index (χ0v) is 20.0. The maximum Gasteiger partial charge on any atom is 0.254 e. The topological polar surface area (TPSA) is 54.9 Å². The van der Waals surface area contributed by atoms with Gasteiger partial charge in [-0.05, 0) is 35.9 Å². The molecule has 6 nitrogen and oxygen atoms in total. The molecule has 36 heavy (non-hydrogen) atoms. The Morgan fingerprint density at radius 3 is 2.50 bits per heavy atom. The van der Waals surface area contributed by atoms with Gasteiger partial charge in [-0.15, -0.1) is 0 Å². The first kappa shape index (κ1) is 22.3. The van der Waals surface area contributed by atoms with E-state index in [0.29, 0.717) is 24.4 Å². The molecule has 0 radical (unpaired) electrons. The van der Waals surface area contributed by atoms with Gasteiger partial charge < -0.3 is 14.4 Å². The highest BCUT2D eigenvalue weighted by Gasteiger charge is 2.24. The second kappa shape index (κ2) is 9.84. The average molecular weight is 478 g/mol. The molecule has 0 saturated carbocycles. The Kier molecular flexibility index (Phi) is 6.10. The minimum atomic E-state index is 0.0510. The van der Waals surface area contributed by atoms with Crippen LogP contribution in [0.3, 0.4) is 0 Å². The number of carbonyl (C=O) groups is 1. The lowest BCUT2D eigenvalue weighted by Crippen LogP contribution is -2.48. The third-order valence-electron chi connectivity index (χ3n) is 6.75. The lowest BCUT2D eigenvalue weighted by Gasteiger charge is -2.34. The monoisotopic (exact) mass is 477 g/mol. The molecule has 1 amide bonds. The van der Waals surface area contributed by atoms with E-state index < -0.39 is 0 Å². The number of ether oxygens (including phenoxy) is 2. The molecule has 1 saturated heterocycles.